The minimum absolute atomic E-state index is 0.108. The van der Waals surface area contributed by atoms with Gasteiger partial charge in [-0.3, -0.25) is 15.1 Å². The molecular weight excluding hydrogens is 248 g/mol. The zero-order chi connectivity index (χ0) is 10.7. The third-order valence-corrected chi connectivity index (χ3v) is 2.08. The molecule has 76 valence electrons. The molecule has 1 rings (SSSR count). The molecule has 0 N–H and O–H groups in total. The summed E-state index contributed by atoms with van der Waals surface area (Å²) in [5, 5.41) is 10.7. The Morgan fingerprint density at radius 3 is 2.86 bits per heavy atom. The first-order valence-corrected chi connectivity index (χ1v) is 5.16. The summed E-state index contributed by atoms with van der Waals surface area (Å²) in [6.07, 6.45) is 2.22. The summed E-state index contributed by atoms with van der Waals surface area (Å²) in [6.45, 7) is 3.73. The van der Waals surface area contributed by atoms with Crippen molar-refractivity contribution in [3.05, 3.63) is 33.6 Å². The van der Waals surface area contributed by atoms with Crippen LogP contribution in [0.3, 0.4) is 0 Å². The molecule has 0 saturated carbocycles. The number of aryl methyl sites for hydroxylation is 1. The number of alkyl halides is 1. The predicted octanol–water partition coefficient (Wildman–Crippen LogP) is 2.62. The van der Waals surface area contributed by atoms with Crippen LogP contribution in [0.4, 0.5) is 5.69 Å². The molecule has 1 atom stereocenters. The van der Waals surface area contributed by atoms with Gasteiger partial charge in [-0.05, 0) is 12.5 Å². The van der Waals surface area contributed by atoms with Gasteiger partial charge in [0.15, 0.2) is 0 Å². The van der Waals surface area contributed by atoms with E-state index in [0.29, 0.717) is 12.1 Å². The summed E-state index contributed by atoms with van der Waals surface area (Å²) in [6, 6.07) is 1.55. The van der Waals surface area contributed by atoms with E-state index < -0.39 is 0 Å². The standard InChI is InChI=1S/C9H11BrN2O2/c1-6-3-9(12(13)14)8(11-5-6)4-7(2)10/h3,5,7H,4H2,1-2H3. The first-order chi connectivity index (χ1) is 6.50. The molecule has 1 aromatic rings. The summed E-state index contributed by atoms with van der Waals surface area (Å²) in [4.78, 5) is 14.6. The second-order valence-corrected chi connectivity index (χ2v) is 4.78. The number of aromatic nitrogens is 1. The average molecular weight is 259 g/mol. The van der Waals surface area contributed by atoms with Gasteiger partial charge in [0, 0.05) is 23.5 Å². The van der Waals surface area contributed by atoms with Gasteiger partial charge in [0.2, 0.25) is 0 Å². The molecule has 0 aromatic carbocycles. The van der Waals surface area contributed by atoms with Crippen LogP contribution >= 0.6 is 15.9 Å². The van der Waals surface area contributed by atoms with Gasteiger partial charge in [0.1, 0.15) is 5.69 Å². The van der Waals surface area contributed by atoms with Crippen LogP contribution in [0.25, 0.3) is 0 Å². The molecule has 0 aliphatic carbocycles. The molecule has 0 radical (unpaired) electrons. The largest absolute Gasteiger partial charge is 0.291 e. The topological polar surface area (TPSA) is 56.0 Å². The normalized spacial score (nSPS) is 12.5. The zero-order valence-corrected chi connectivity index (χ0v) is 9.61. The molecule has 4 nitrogen and oxygen atoms in total. The van der Waals surface area contributed by atoms with Crippen molar-refractivity contribution in [1.82, 2.24) is 4.98 Å². The van der Waals surface area contributed by atoms with E-state index in [4.69, 9.17) is 0 Å². The Morgan fingerprint density at radius 2 is 2.36 bits per heavy atom. The summed E-state index contributed by atoms with van der Waals surface area (Å²) < 4.78 is 0. The van der Waals surface area contributed by atoms with E-state index in [2.05, 4.69) is 20.9 Å². The van der Waals surface area contributed by atoms with Gasteiger partial charge in [0.05, 0.1) is 4.92 Å². The Bertz CT molecular complexity index is 353. The number of pyridine rings is 1. The SMILES string of the molecule is Cc1cnc(CC(C)Br)c([N+](=O)[O-])c1. The fraction of sp³-hybridized carbons (Fsp3) is 0.444. The highest BCUT2D eigenvalue weighted by atomic mass is 79.9. The van der Waals surface area contributed by atoms with Crippen LogP contribution < -0.4 is 0 Å². The van der Waals surface area contributed by atoms with E-state index >= 15 is 0 Å². The van der Waals surface area contributed by atoms with Gasteiger partial charge in [0.25, 0.3) is 5.69 Å². The number of halogens is 1. The highest BCUT2D eigenvalue weighted by Gasteiger charge is 2.16. The first kappa shape index (κ1) is 11.1. The Balaban J connectivity index is 3.08. The van der Waals surface area contributed by atoms with Crippen molar-refractivity contribution in [1.29, 1.82) is 0 Å². The van der Waals surface area contributed by atoms with Gasteiger partial charge < -0.3 is 0 Å². The minimum atomic E-state index is -0.384. The van der Waals surface area contributed by atoms with Crippen LogP contribution in [0.5, 0.6) is 0 Å². The van der Waals surface area contributed by atoms with E-state index in [9.17, 15) is 10.1 Å². The third-order valence-electron chi connectivity index (χ3n) is 1.76. The van der Waals surface area contributed by atoms with Gasteiger partial charge in [-0.15, -0.1) is 0 Å². The lowest BCUT2D eigenvalue weighted by Crippen LogP contribution is -2.04. The molecule has 0 aliphatic rings. The van der Waals surface area contributed by atoms with Crippen molar-refractivity contribution >= 4 is 21.6 Å². The lowest BCUT2D eigenvalue weighted by Gasteiger charge is -2.04. The molecule has 5 heteroatoms. The van der Waals surface area contributed by atoms with Crippen LogP contribution in [0.15, 0.2) is 12.3 Å². The summed E-state index contributed by atoms with van der Waals surface area (Å²) >= 11 is 3.35. The molecule has 1 unspecified atom stereocenters. The lowest BCUT2D eigenvalue weighted by atomic mass is 10.1. The summed E-state index contributed by atoms with van der Waals surface area (Å²) in [7, 11) is 0. The second-order valence-electron chi connectivity index (χ2n) is 3.22. The van der Waals surface area contributed by atoms with Crippen LogP contribution in [-0.2, 0) is 6.42 Å². The number of nitro groups is 1. The highest BCUT2D eigenvalue weighted by molar-refractivity contribution is 9.09. The molecule has 1 aromatic heterocycles. The van der Waals surface area contributed by atoms with E-state index in [0.717, 1.165) is 5.56 Å². The van der Waals surface area contributed by atoms with E-state index in [-0.39, 0.29) is 15.4 Å². The van der Waals surface area contributed by atoms with Crippen LogP contribution in [0.1, 0.15) is 18.2 Å². The van der Waals surface area contributed by atoms with Crippen molar-refractivity contribution in [2.24, 2.45) is 0 Å². The number of hydrogen-bond donors (Lipinski definition) is 0. The zero-order valence-electron chi connectivity index (χ0n) is 8.03. The molecule has 1 heterocycles. The van der Waals surface area contributed by atoms with E-state index in [1.54, 1.807) is 19.2 Å². The Kier molecular flexibility index (Phi) is 3.57. The van der Waals surface area contributed by atoms with Gasteiger partial charge in [-0.1, -0.05) is 22.9 Å². The highest BCUT2D eigenvalue weighted by Crippen LogP contribution is 2.20. The Morgan fingerprint density at radius 1 is 1.71 bits per heavy atom. The van der Waals surface area contributed by atoms with Gasteiger partial charge >= 0.3 is 0 Å². The fourth-order valence-corrected chi connectivity index (χ4v) is 1.47. The molecule has 14 heavy (non-hydrogen) atoms. The maximum atomic E-state index is 10.7. The summed E-state index contributed by atoms with van der Waals surface area (Å²) in [5.41, 5.74) is 1.45. The molecule has 0 spiro atoms. The second kappa shape index (κ2) is 4.50. The van der Waals surface area contributed by atoms with Crippen molar-refractivity contribution < 1.29 is 4.92 Å². The quantitative estimate of drug-likeness (QED) is 0.476. The van der Waals surface area contributed by atoms with E-state index in [1.165, 1.54) is 0 Å². The maximum Gasteiger partial charge on any atom is 0.291 e. The number of rotatable bonds is 3. The molecule has 0 fully saturated rings. The third kappa shape index (κ3) is 2.77. The van der Waals surface area contributed by atoms with Crippen LogP contribution in [0, 0.1) is 17.0 Å². The van der Waals surface area contributed by atoms with Crippen molar-refractivity contribution in [3.8, 4) is 0 Å². The van der Waals surface area contributed by atoms with Gasteiger partial charge in [-0.25, -0.2) is 0 Å². The molecule has 0 amide bonds. The molecule has 0 bridgehead atoms. The average Bonchev–Trinajstić information content (AvgIpc) is 2.07. The maximum absolute atomic E-state index is 10.7. The Labute approximate surface area is 90.6 Å². The van der Waals surface area contributed by atoms with Crippen LogP contribution in [0.2, 0.25) is 0 Å². The van der Waals surface area contributed by atoms with Crippen LogP contribution in [-0.4, -0.2) is 14.7 Å². The molecular formula is C9H11BrN2O2. The lowest BCUT2D eigenvalue weighted by molar-refractivity contribution is -0.386. The van der Waals surface area contributed by atoms with Crippen molar-refractivity contribution in [3.63, 3.8) is 0 Å². The van der Waals surface area contributed by atoms with Crippen molar-refractivity contribution in [2.75, 3.05) is 0 Å². The monoisotopic (exact) mass is 258 g/mol. The number of hydrogen-bond acceptors (Lipinski definition) is 3. The smallest absolute Gasteiger partial charge is 0.258 e. The number of nitrogens with zero attached hydrogens (tertiary/aromatic N) is 2. The first-order valence-electron chi connectivity index (χ1n) is 4.24. The van der Waals surface area contributed by atoms with Crippen molar-refractivity contribution in [2.45, 2.75) is 25.1 Å². The Hall–Kier alpha value is -0.970. The summed E-state index contributed by atoms with van der Waals surface area (Å²) in [5.74, 6) is 0. The van der Waals surface area contributed by atoms with Gasteiger partial charge in [-0.2, -0.15) is 0 Å². The molecule has 0 aliphatic heterocycles. The molecule has 0 saturated heterocycles. The fourth-order valence-electron chi connectivity index (χ4n) is 1.16. The predicted molar refractivity (Wildman–Crippen MR) is 57.7 cm³/mol. The minimum Gasteiger partial charge on any atom is -0.258 e. The van der Waals surface area contributed by atoms with E-state index in [1.807, 2.05) is 6.92 Å².